The first kappa shape index (κ1) is 18.5. The molecule has 0 saturated carbocycles. The van der Waals surface area contributed by atoms with E-state index in [0.717, 1.165) is 29.1 Å². The Morgan fingerprint density at radius 2 is 1.76 bits per heavy atom. The lowest BCUT2D eigenvalue weighted by molar-refractivity contribution is -0.121. The summed E-state index contributed by atoms with van der Waals surface area (Å²) in [5, 5.41) is 7.43. The van der Waals surface area contributed by atoms with Crippen molar-refractivity contribution in [1.29, 1.82) is 0 Å². The molecule has 0 bridgehead atoms. The van der Waals surface area contributed by atoms with E-state index in [9.17, 15) is 4.79 Å². The summed E-state index contributed by atoms with van der Waals surface area (Å²) in [6, 6.07) is 17.0. The summed E-state index contributed by atoms with van der Waals surface area (Å²) in [5.74, 6) is 0.626. The molecular formula is C20H25N3O2. The van der Waals surface area contributed by atoms with Gasteiger partial charge in [-0.3, -0.25) is 4.79 Å². The molecule has 2 aromatic rings. The number of nitrogens with zero attached hydrogens (tertiary/aromatic N) is 1. The van der Waals surface area contributed by atoms with Crippen LogP contribution in [0.2, 0.25) is 0 Å². The van der Waals surface area contributed by atoms with E-state index in [1.165, 1.54) is 0 Å². The van der Waals surface area contributed by atoms with Gasteiger partial charge in [0.2, 0.25) is 0 Å². The van der Waals surface area contributed by atoms with Crippen molar-refractivity contribution in [2.45, 2.75) is 33.2 Å². The molecule has 132 valence electrons. The molecule has 1 unspecified atom stereocenters. The second-order valence-electron chi connectivity index (χ2n) is 5.58. The van der Waals surface area contributed by atoms with Gasteiger partial charge in [-0.1, -0.05) is 37.3 Å². The molecule has 0 aromatic heterocycles. The lowest BCUT2D eigenvalue weighted by Gasteiger charge is -2.14. The van der Waals surface area contributed by atoms with Crippen LogP contribution in [0.5, 0.6) is 5.75 Å². The summed E-state index contributed by atoms with van der Waals surface area (Å²) in [7, 11) is 0. The topological polar surface area (TPSA) is 62.7 Å². The first-order valence-electron chi connectivity index (χ1n) is 8.55. The van der Waals surface area contributed by atoms with E-state index in [1.807, 2.05) is 68.4 Å². The van der Waals surface area contributed by atoms with Gasteiger partial charge in [0.15, 0.2) is 0 Å². The van der Waals surface area contributed by atoms with Crippen LogP contribution in [0.1, 0.15) is 32.8 Å². The van der Waals surface area contributed by atoms with Crippen molar-refractivity contribution in [3.05, 3.63) is 60.2 Å². The maximum absolute atomic E-state index is 12.3. The van der Waals surface area contributed by atoms with Gasteiger partial charge < -0.3 is 10.1 Å². The summed E-state index contributed by atoms with van der Waals surface area (Å²) in [6.07, 6.45) is 0.741. The first-order valence-corrected chi connectivity index (χ1v) is 8.55. The van der Waals surface area contributed by atoms with E-state index in [1.54, 1.807) is 6.92 Å². The van der Waals surface area contributed by atoms with E-state index < -0.39 is 6.04 Å². The minimum absolute atomic E-state index is 0.184. The summed E-state index contributed by atoms with van der Waals surface area (Å²) < 4.78 is 5.41. The van der Waals surface area contributed by atoms with Gasteiger partial charge in [0.25, 0.3) is 5.91 Å². The van der Waals surface area contributed by atoms with Crippen molar-refractivity contribution >= 4 is 17.3 Å². The van der Waals surface area contributed by atoms with Gasteiger partial charge in [0, 0.05) is 5.69 Å². The number of hydrazone groups is 1. The smallest absolute Gasteiger partial charge is 0.262 e. The van der Waals surface area contributed by atoms with Crippen molar-refractivity contribution in [1.82, 2.24) is 5.43 Å². The minimum Gasteiger partial charge on any atom is -0.494 e. The van der Waals surface area contributed by atoms with Crippen molar-refractivity contribution < 1.29 is 9.53 Å². The van der Waals surface area contributed by atoms with Crippen molar-refractivity contribution in [2.24, 2.45) is 5.10 Å². The average Bonchev–Trinajstić information content (AvgIpc) is 2.64. The van der Waals surface area contributed by atoms with E-state index >= 15 is 0 Å². The fourth-order valence-electron chi connectivity index (χ4n) is 2.33. The highest BCUT2D eigenvalue weighted by Crippen LogP contribution is 2.16. The molecular weight excluding hydrogens is 314 g/mol. The maximum atomic E-state index is 12.3. The predicted molar refractivity (Wildman–Crippen MR) is 102 cm³/mol. The Morgan fingerprint density at radius 1 is 1.08 bits per heavy atom. The zero-order chi connectivity index (χ0) is 18.1. The number of hydrogen-bond donors (Lipinski definition) is 2. The third-order valence-electron chi connectivity index (χ3n) is 3.68. The number of nitrogens with one attached hydrogen (secondary N) is 2. The molecule has 0 aliphatic carbocycles. The van der Waals surface area contributed by atoms with E-state index in [0.29, 0.717) is 6.61 Å². The quantitative estimate of drug-likeness (QED) is 0.568. The summed E-state index contributed by atoms with van der Waals surface area (Å²) in [4.78, 5) is 12.3. The summed E-state index contributed by atoms with van der Waals surface area (Å²) in [6.45, 7) is 6.39. The van der Waals surface area contributed by atoms with Gasteiger partial charge in [-0.15, -0.1) is 0 Å². The van der Waals surface area contributed by atoms with Crippen LogP contribution in [0.15, 0.2) is 59.7 Å². The molecule has 1 atom stereocenters. The third kappa shape index (κ3) is 5.64. The summed E-state index contributed by atoms with van der Waals surface area (Å²) in [5.41, 5.74) is 5.36. The molecule has 1 amide bonds. The zero-order valence-electron chi connectivity index (χ0n) is 15.0. The maximum Gasteiger partial charge on any atom is 0.262 e. The van der Waals surface area contributed by atoms with Crippen molar-refractivity contribution in [3.8, 4) is 5.75 Å². The Morgan fingerprint density at radius 3 is 2.36 bits per heavy atom. The molecule has 0 aliphatic heterocycles. The van der Waals surface area contributed by atoms with Crippen LogP contribution >= 0.6 is 0 Å². The van der Waals surface area contributed by atoms with Gasteiger partial charge in [-0.25, -0.2) is 5.43 Å². The molecule has 0 saturated heterocycles. The van der Waals surface area contributed by atoms with Crippen molar-refractivity contribution in [3.63, 3.8) is 0 Å². The Kier molecular flexibility index (Phi) is 7.01. The van der Waals surface area contributed by atoms with Crippen LogP contribution in [0, 0.1) is 0 Å². The van der Waals surface area contributed by atoms with Crippen LogP contribution in [0.25, 0.3) is 0 Å². The third-order valence-corrected chi connectivity index (χ3v) is 3.68. The van der Waals surface area contributed by atoms with Gasteiger partial charge >= 0.3 is 0 Å². The molecule has 2 rings (SSSR count). The largest absolute Gasteiger partial charge is 0.494 e. The van der Waals surface area contributed by atoms with Gasteiger partial charge in [0.05, 0.1) is 12.3 Å². The number of amides is 1. The van der Waals surface area contributed by atoms with Crippen LogP contribution in [0.3, 0.4) is 0 Å². The van der Waals surface area contributed by atoms with Crippen LogP contribution < -0.4 is 15.5 Å². The lowest BCUT2D eigenvalue weighted by atomic mass is 10.1. The highest BCUT2D eigenvalue weighted by Gasteiger charge is 2.12. The molecule has 2 N–H and O–H groups in total. The Hall–Kier alpha value is -2.82. The Bertz CT molecular complexity index is 697. The highest BCUT2D eigenvalue weighted by atomic mass is 16.5. The number of carbonyl (C=O) groups excluding carboxylic acids is 1. The number of rotatable bonds is 8. The molecule has 2 aromatic carbocycles. The summed E-state index contributed by atoms with van der Waals surface area (Å²) >= 11 is 0. The fraction of sp³-hybridized carbons (Fsp3) is 0.300. The standard InChI is InChI=1S/C20H25N3O2/c1-4-19(16-9-7-6-8-10-16)22-23-20(24)15(3)21-17-11-13-18(14-12-17)25-5-2/h6-15,21H,4-5H2,1-3H3,(H,23,24). The van der Waals surface area contributed by atoms with E-state index in [2.05, 4.69) is 15.8 Å². The first-order chi connectivity index (χ1) is 12.1. The number of ether oxygens (including phenoxy) is 1. The number of carbonyl (C=O) groups is 1. The SMILES string of the molecule is CCOc1ccc(NC(C)C(=O)NN=C(CC)c2ccccc2)cc1. The molecule has 0 spiro atoms. The molecule has 0 aliphatic rings. The second-order valence-corrected chi connectivity index (χ2v) is 5.58. The normalized spacial score (nSPS) is 12.4. The number of anilines is 1. The van der Waals surface area contributed by atoms with Crippen LogP contribution in [-0.2, 0) is 4.79 Å². The molecule has 0 radical (unpaired) electrons. The molecule has 0 fully saturated rings. The Balaban J connectivity index is 1.94. The molecule has 25 heavy (non-hydrogen) atoms. The van der Waals surface area contributed by atoms with Crippen LogP contribution in [-0.4, -0.2) is 24.3 Å². The highest BCUT2D eigenvalue weighted by molar-refractivity contribution is 6.01. The average molecular weight is 339 g/mol. The fourth-order valence-corrected chi connectivity index (χ4v) is 2.33. The van der Waals surface area contributed by atoms with Crippen LogP contribution in [0.4, 0.5) is 5.69 Å². The predicted octanol–water partition coefficient (Wildman–Crippen LogP) is 3.82. The van der Waals surface area contributed by atoms with E-state index in [-0.39, 0.29) is 5.91 Å². The zero-order valence-corrected chi connectivity index (χ0v) is 15.0. The molecule has 5 heteroatoms. The molecule has 5 nitrogen and oxygen atoms in total. The second kappa shape index (κ2) is 9.47. The Labute approximate surface area is 149 Å². The monoisotopic (exact) mass is 339 g/mol. The van der Waals surface area contributed by atoms with Gasteiger partial charge in [-0.05, 0) is 50.1 Å². The van der Waals surface area contributed by atoms with Gasteiger partial charge in [-0.2, -0.15) is 5.10 Å². The van der Waals surface area contributed by atoms with E-state index in [4.69, 9.17) is 4.74 Å². The number of benzene rings is 2. The lowest BCUT2D eigenvalue weighted by Crippen LogP contribution is -2.35. The number of hydrogen-bond acceptors (Lipinski definition) is 4. The minimum atomic E-state index is -0.407. The van der Waals surface area contributed by atoms with Gasteiger partial charge in [0.1, 0.15) is 11.8 Å². The molecule has 0 heterocycles. The van der Waals surface area contributed by atoms with Crippen molar-refractivity contribution in [2.75, 3.05) is 11.9 Å².